The Kier molecular flexibility index (Phi) is 5.55. The average molecular weight is 432 g/mol. The fraction of sp³-hybridized carbons (Fsp3) is 0.286. The summed E-state index contributed by atoms with van der Waals surface area (Å²) in [5.41, 5.74) is 3.93. The molecule has 1 N–H and O–H groups in total. The Labute approximate surface area is 175 Å². The summed E-state index contributed by atoms with van der Waals surface area (Å²) >= 11 is 1.42. The van der Waals surface area contributed by atoms with E-state index in [2.05, 4.69) is 9.55 Å². The third kappa shape index (κ3) is 4.07. The van der Waals surface area contributed by atoms with E-state index in [1.165, 1.54) is 17.8 Å². The molecular weight excluding hydrogens is 413 g/mol. The van der Waals surface area contributed by atoms with Gasteiger partial charge in [-0.1, -0.05) is 36.0 Å². The van der Waals surface area contributed by atoms with E-state index in [4.69, 9.17) is 4.98 Å². The van der Waals surface area contributed by atoms with Gasteiger partial charge in [-0.25, -0.2) is 9.97 Å². The number of benzene rings is 1. The second-order valence-corrected chi connectivity index (χ2v) is 7.96. The van der Waals surface area contributed by atoms with Gasteiger partial charge in [-0.2, -0.15) is 13.2 Å². The fourth-order valence-electron chi connectivity index (χ4n) is 3.48. The smallest absolute Gasteiger partial charge is 0.318 e. The monoisotopic (exact) mass is 432 g/mol. The summed E-state index contributed by atoms with van der Waals surface area (Å²) in [4.78, 5) is 20.7. The molecular formula is C21H19F3N4OS. The van der Waals surface area contributed by atoms with Gasteiger partial charge in [-0.15, -0.1) is 0 Å². The van der Waals surface area contributed by atoms with E-state index < -0.39 is 12.1 Å². The van der Waals surface area contributed by atoms with Gasteiger partial charge >= 0.3 is 12.1 Å². The lowest BCUT2D eigenvalue weighted by molar-refractivity contribution is -0.167. The molecule has 5 nitrogen and oxygen atoms in total. The molecule has 3 aromatic rings. The van der Waals surface area contributed by atoms with Crippen LogP contribution in [0, 0.1) is 6.92 Å². The number of amides is 1. The number of hydrogen-bond acceptors (Lipinski definition) is 4. The number of alkyl halides is 3. The van der Waals surface area contributed by atoms with Crippen molar-refractivity contribution in [2.24, 2.45) is 0 Å². The minimum Gasteiger partial charge on any atom is -0.318 e. The highest BCUT2D eigenvalue weighted by Crippen LogP contribution is 2.34. The molecule has 9 heteroatoms. The molecule has 1 aliphatic rings. The Morgan fingerprint density at radius 1 is 1.20 bits per heavy atom. The van der Waals surface area contributed by atoms with Gasteiger partial charge < -0.3 is 5.32 Å². The lowest BCUT2D eigenvalue weighted by Crippen LogP contribution is -2.30. The van der Waals surface area contributed by atoms with E-state index in [0.29, 0.717) is 11.3 Å². The average Bonchev–Trinajstić information content (AvgIpc) is 3.28. The van der Waals surface area contributed by atoms with E-state index >= 15 is 0 Å². The van der Waals surface area contributed by atoms with E-state index in [9.17, 15) is 18.0 Å². The molecule has 1 amide bonds. The molecule has 1 aliphatic carbocycles. The number of carbonyl (C=O) groups is 1. The number of anilines is 1. The number of nitrogens with zero attached hydrogens (tertiary/aromatic N) is 3. The van der Waals surface area contributed by atoms with Gasteiger partial charge in [0.05, 0.1) is 5.69 Å². The van der Waals surface area contributed by atoms with Gasteiger partial charge in [-0.3, -0.25) is 9.36 Å². The molecule has 0 fully saturated rings. The van der Waals surface area contributed by atoms with Crippen molar-refractivity contribution in [2.75, 3.05) is 5.32 Å². The molecule has 0 bridgehead atoms. The van der Waals surface area contributed by atoms with Crippen molar-refractivity contribution in [3.8, 4) is 5.82 Å². The maximum Gasteiger partial charge on any atom is 0.471 e. The summed E-state index contributed by atoms with van der Waals surface area (Å²) in [5.74, 6) is -0.811. The van der Waals surface area contributed by atoms with Crippen LogP contribution in [0.1, 0.15) is 28.9 Å². The van der Waals surface area contributed by atoms with Crippen molar-refractivity contribution in [2.45, 2.75) is 43.3 Å². The van der Waals surface area contributed by atoms with Gasteiger partial charge in [0.2, 0.25) is 0 Å². The van der Waals surface area contributed by atoms with Crippen LogP contribution in [0.25, 0.3) is 5.82 Å². The van der Waals surface area contributed by atoms with Crippen molar-refractivity contribution >= 4 is 23.4 Å². The van der Waals surface area contributed by atoms with Crippen molar-refractivity contribution in [3.05, 3.63) is 65.1 Å². The number of thioether (sulfide) groups is 1. The number of para-hydroxylation sites is 1. The minimum atomic E-state index is -4.94. The van der Waals surface area contributed by atoms with Crippen LogP contribution in [0.4, 0.5) is 18.9 Å². The Morgan fingerprint density at radius 3 is 2.77 bits per heavy atom. The first kappa shape index (κ1) is 20.5. The first-order valence-corrected chi connectivity index (χ1v) is 10.4. The van der Waals surface area contributed by atoms with Gasteiger partial charge in [0.25, 0.3) is 0 Å². The highest BCUT2D eigenvalue weighted by Gasteiger charge is 2.39. The van der Waals surface area contributed by atoms with Gasteiger partial charge in [0, 0.05) is 23.3 Å². The third-order valence-electron chi connectivity index (χ3n) is 4.93. The fourth-order valence-corrected chi connectivity index (χ4v) is 4.52. The van der Waals surface area contributed by atoms with Crippen LogP contribution in [0.2, 0.25) is 0 Å². The molecule has 2 heterocycles. The maximum absolute atomic E-state index is 12.7. The summed E-state index contributed by atoms with van der Waals surface area (Å²) in [7, 11) is 0. The van der Waals surface area contributed by atoms with Gasteiger partial charge in [-0.05, 0) is 49.4 Å². The summed E-state index contributed by atoms with van der Waals surface area (Å²) in [6.45, 7) is 1.99. The van der Waals surface area contributed by atoms with Crippen LogP contribution in [0.3, 0.4) is 0 Å². The first-order chi connectivity index (χ1) is 14.3. The number of rotatable bonds is 5. The molecule has 0 atom stereocenters. The Bertz CT molecular complexity index is 1090. The molecule has 0 aliphatic heterocycles. The van der Waals surface area contributed by atoms with Crippen LogP contribution < -0.4 is 5.32 Å². The number of halogens is 3. The molecule has 0 unspecified atom stereocenters. The molecule has 1 aromatic carbocycles. The Balaban J connectivity index is 1.62. The van der Waals surface area contributed by atoms with Gasteiger partial charge in [0.15, 0.2) is 5.16 Å². The number of carbonyl (C=O) groups excluding carboxylic acids is 1. The highest BCUT2D eigenvalue weighted by molar-refractivity contribution is 7.98. The predicted molar refractivity (Wildman–Crippen MR) is 109 cm³/mol. The molecule has 0 saturated heterocycles. The number of hydrogen-bond donors (Lipinski definition) is 1. The van der Waals surface area contributed by atoms with Crippen LogP contribution in [0.5, 0.6) is 0 Å². The minimum absolute atomic E-state index is 0.145. The number of pyridine rings is 1. The molecule has 0 radical (unpaired) electrons. The zero-order valence-corrected chi connectivity index (χ0v) is 17.0. The number of aromatic nitrogens is 3. The number of aryl methyl sites for hydroxylation is 2. The summed E-state index contributed by atoms with van der Waals surface area (Å²) in [6.07, 6.45) is -0.341. The second-order valence-electron chi connectivity index (χ2n) is 7.02. The molecule has 2 aromatic heterocycles. The summed E-state index contributed by atoms with van der Waals surface area (Å²) in [5, 5.41) is 2.71. The van der Waals surface area contributed by atoms with Crippen molar-refractivity contribution < 1.29 is 18.0 Å². The summed E-state index contributed by atoms with van der Waals surface area (Å²) in [6, 6.07) is 10.4. The summed E-state index contributed by atoms with van der Waals surface area (Å²) < 4.78 is 40.0. The highest BCUT2D eigenvalue weighted by atomic mass is 32.2. The van der Waals surface area contributed by atoms with E-state index in [0.717, 1.165) is 47.2 Å². The van der Waals surface area contributed by atoms with Crippen LogP contribution in [-0.2, 0) is 23.4 Å². The second kappa shape index (κ2) is 8.14. The van der Waals surface area contributed by atoms with Crippen LogP contribution >= 0.6 is 11.8 Å². The van der Waals surface area contributed by atoms with Crippen molar-refractivity contribution in [3.63, 3.8) is 0 Å². The number of imidazole rings is 1. The number of fused-ring (bicyclic) bond motifs is 1. The molecule has 156 valence electrons. The molecule has 4 rings (SSSR count). The maximum atomic E-state index is 12.7. The first-order valence-electron chi connectivity index (χ1n) is 9.46. The van der Waals surface area contributed by atoms with Crippen molar-refractivity contribution in [1.82, 2.24) is 14.5 Å². The van der Waals surface area contributed by atoms with E-state index in [1.54, 1.807) is 24.4 Å². The quantitative estimate of drug-likeness (QED) is 0.585. The normalized spacial score (nSPS) is 13.3. The Hall–Kier alpha value is -2.81. The molecule has 0 saturated carbocycles. The van der Waals surface area contributed by atoms with Gasteiger partial charge in [0.1, 0.15) is 5.82 Å². The zero-order valence-electron chi connectivity index (χ0n) is 16.2. The Morgan fingerprint density at radius 2 is 2.00 bits per heavy atom. The SMILES string of the molecule is Cc1cccnc1-n1c(SCc2ccccc2NC(=O)C(F)(F)F)nc2c1CCC2. The zero-order chi connectivity index (χ0) is 21.3. The molecule has 30 heavy (non-hydrogen) atoms. The van der Waals surface area contributed by atoms with E-state index in [1.807, 2.05) is 24.4 Å². The predicted octanol–water partition coefficient (Wildman–Crippen LogP) is 4.86. The van der Waals surface area contributed by atoms with Crippen LogP contribution in [-0.4, -0.2) is 26.6 Å². The lowest BCUT2D eigenvalue weighted by Gasteiger charge is -2.14. The lowest BCUT2D eigenvalue weighted by atomic mass is 10.2. The standard InChI is InChI=1S/C21H19F3N4OS/c1-13-6-5-11-25-18(13)28-17-10-4-9-16(17)27-20(28)30-12-14-7-2-3-8-15(14)26-19(29)21(22,23)24/h2-3,5-8,11H,4,9-10,12H2,1H3,(H,26,29). The van der Waals surface area contributed by atoms with Crippen molar-refractivity contribution in [1.29, 1.82) is 0 Å². The largest absolute Gasteiger partial charge is 0.471 e. The number of nitrogens with one attached hydrogen (secondary N) is 1. The topological polar surface area (TPSA) is 59.8 Å². The van der Waals surface area contributed by atoms with E-state index in [-0.39, 0.29) is 5.69 Å². The third-order valence-corrected chi connectivity index (χ3v) is 5.91. The van der Waals surface area contributed by atoms with Crippen LogP contribution in [0.15, 0.2) is 47.8 Å². The molecule has 0 spiro atoms.